The summed E-state index contributed by atoms with van der Waals surface area (Å²) in [6.45, 7) is 2.39. The van der Waals surface area contributed by atoms with Crippen LogP contribution in [0.25, 0.3) is 0 Å². The molecule has 0 radical (unpaired) electrons. The zero-order chi connectivity index (χ0) is 12.5. The third-order valence-electron chi connectivity index (χ3n) is 2.68. The molecule has 17 heavy (non-hydrogen) atoms. The summed E-state index contributed by atoms with van der Waals surface area (Å²) < 4.78 is 26.6. The lowest BCUT2D eigenvalue weighted by Crippen LogP contribution is -2.44. The fourth-order valence-electron chi connectivity index (χ4n) is 1.76. The van der Waals surface area contributed by atoms with Crippen molar-refractivity contribution in [1.82, 2.24) is 4.31 Å². The summed E-state index contributed by atoms with van der Waals surface area (Å²) in [6.07, 6.45) is 0. The van der Waals surface area contributed by atoms with Gasteiger partial charge in [0.25, 0.3) is 10.0 Å². The molecule has 1 aromatic heterocycles. The minimum Gasteiger partial charge on any atom is -0.392 e. The first-order valence-electron chi connectivity index (χ1n) is 5.33. The van der Waals surface area contributed by atoms with E-state index in [1.807, 2.05) is 6.92 Å². The highest BCUT2D eigenvalue weighted by Gasteiger charge is 2.32. The number of hydrogen-bond donors (Lipinski definition) is 1. The van der Waals surface area contributed by atoms with E-state index in [9.17, 15) is 8.42 Å². The zero-order valence-electron chi connectivity index (χ0n) is 9.50. The number of thiophene rings is 1. The summed E-state index contributed by atoms with van der Waals surface area (Å²) in [6, 6.07) is 1.60. The number of sulfonamides is 1. The highest BCUT2D eigenvalue weighted by Crippen LogP contribution is 2.28. The van der Waals surface area contributed by atoms with Gasteiger partial charge in [-0.2, -0.15) is 16.1 Å². The lowest BCUT2D eigenvalue weighted by atomic mass is 10.4. The Kier molecular flexibility index (Phi) is 4.14. The smallest absolute Gasteiger partial charge is 0.252 e. The highest BCUT2D eigenvalue weighted by molar-refractivity contribution is 7.99. The van der Waals surface area contributed by atoms with E-state index in [1.165, 1.54) is 11.3 Å². The molecule has 1 atom stereocenters. The lowest BCUT2D eigenvalue weighted by molar-refractivity contribution is 0.282. The molecule has 7 heteroatoms. The van der Waals surface area contributed by atoms with Crippen molar-refractivity contribution >= 4 is 33.1 Å². The Morgan fingerprint density at radius 1 is 1.59 bits per heavy atom. The van der Waals surface area contributed by atoms with Gasteiger partial charge in [-0.1, -0.05) is 0 Å². The molecule has 96 valence electrons. The van der Waals surface area contributed by atoms with E-state index in [0.717, 1.165) is 11.5 Å². The van der Waals surface area contributed by atoms with Crippen LogP contribution in [0.4, 0.5) is 0 Å². The first kappa shape index (κ1) is 13.4. The van der Waals surface area contributed by atoms with Crippen LogP contribution in [0.1, 0.15) is 12.5 Å². The molecule has 0 saturated carbocycles. The molecule has 1 unspecified atom stereocenters. The second-order valence-corrected chi connectivity index (χ2v) is 8.15. The Balaban J connectivity index is 2.28. The molecule has 0 aromatic carbocycles. The van der Waals surface area contributed by atoms with Gasteiger partial charge in [0.15, 0.2) is 0 Å². The molecule has 1 saturated heterocycles. The SMILES string of the molecule is CC1CSCCN1S(=O)(=O)c1cc(CO)cs1. The number of aliphatic hydroxyl groups is 1. The third kappa shape index (κ3) is 2.68. The van der Waals surface area contributed by atoms with Crippen molar-refractivity contribution in [2.24, 2.45) is 0 Å². The number of hydrogen-bond acceptors (Lipinski definition) is 5. The maximum Gasteiger partial charge on any atom is 0.252 e. The number of thioether (sulfide) groups is 1. The van der Waals surface area contributed by atoms with Crippen LogP contribution in [0, 0.1) is 0 Å². The van der Waals surface area contributed by atoms with Crippen molar-refractivity contribution in [2.45, 2.75) is 23.8 Å². The van der Waals surface area contributed by atoms with E-state index in [2.05, 4.69) is 0 Å². The Labute approximate surface area is 110 Å². The fourth-order valence-corrected chi connectivity index (χ4v) is 5.94. The van der Waals surface area contributed by atoms with Crippen LogP contribution in [0.5, 0.6) is 0 Å². The van der Waals surface area contributed by atoms with Crippen molar-refractivity contribution in [2.75, 3.05) is 18.1 Å². The molecule has 1 aromatic rings. The van der Waals surface area contributed by atoms with Gasteiger partial charge in [0.1, 0.15) is 4.21 Å². The van der Waals surface area contributed by atoms with Gasteiger partial charge in [0, 0.05) is 24.1 Å². The third-order valence-corrected chi connectivity index (χ3v) is 7.35. The highest BCUT2D eigenvalue weighted by atomic mass is 32.2. The Hall–Kier alpha value is -0.0800. The zero-order valence-corrected chi connectivity index (χ0v) is 11.9. The summed E-state index contributed by atoms with van der Waals surface area (Å²) in [5.74, 6) is 1.69. The van der Waals surface area contributed by atoms with Crippen LogP contribution in [-0.4, -0.2) is 41.9 Å². The Bertz CT molecular complexity index is 483. The largest absolute Gasteiger partial charge is 0.392 e. The second-order valence-electron chi connectivity index (χ2n) is 3.97. The molecule has 0 amide bonds. The molecule has 4 nitrogen and oxygen atoms in total. The molecule has 1 aliphatic rings. The first-order valence-corrected chi connectivity index (χ1v) is 8.81. The maximum absolute atomic E-state index is 12.4. The van der Waals surface area contributed by atoms with Crippen molar-refractivity contribution in [3.8, 4) is 0 Å². The molecule has 0 spiro atoms. The van der Waals surface area contributed by atoms with Crippen LogP contribution in [0.3, 0.4) is 0 Å². The maximum atomic E-state index is 12.4. The van der Waals surface area contributed by atoms with E-state index in [-0.39, 0.29) is 12.6 Å². The summed E-state index contributed by atoms with van der Waals surface area (Å²) in [5.41, 5.74) is 0.660. The van der Waals surface area contributed by atoms with Gasteiger partial charge in [0.05, 0.1) is 6.61 Å². The summed E-state index contributed by atoms with van der Waals surface area (Å²) in [5, 5.41) is 10.7. The summed E-state index contributed by atoms with van der Waals surface area (Å²) in [4.78, 5) is 0. The van der Waals surface area contributed by atoms with Crippen molar-refractivity contribution in [3.05, 3.63) is 17.0 Å². The molecule has 2 rings (SSSR count). The average Bonchev–Trinajstić information content (AvgIpc) is 2.78. The van der Waals surface area contributed by atoms with Gasteiger partial charge in [0.2, 0.25) is 0 Å². The van der Waals surface area contributed by atoms with E-state index < -0.39 is 10.0 Å². The number of rotatable bonds is 3. The molecule has 1 fully saturated rings. The molecule has 1 aliphatic heterocycles. The molecule has 1 N–H and O–H groups in total. The van der Waals surface area contributed by atoms with Gasteiger partial charge >= 0.3 is 0 Å². The normalized spacial score (nSPS) is 22.8. The molecular weight excluding hydrogens is 278 g/mol. The molecular formula is C10H15NO3S3. The monoisotopic (exact) mass is 293 g/mol. The first-order chi connectivity index (χ1) is 8.05. The lowest BCUT2D eigenvalue weighted by Gasteiger charge is -2.31. The topological polar surface area (TPSA) is 57.6 Å². The Morgan fingerprint density at radius 3 is 2.94 bits per heavy atom. The van der Waals surface area contributed by atoms with Gasteiger partial charge in [-0.05, 0) is 23.9 Å². The second kappa shape index (κ2) is 5.27. The van der Waals surface area contributed by atoms with Crippen LogP contribution in [0.15, 0.2) is 15.7 Å². The van der Waals surface area contributed by atoms with Crippen LogP contribution >= 0.6 is 23.1 Å². The fraction of sp³-hybridized carbons (Fsp3) is 0.600. The number of nitrogens with zero attached hydrogens (tertiary/aromatic N) is 1. The van der Waals surface area contributed by atoms with Crippen LogP contribution in [-0.2, 0) is 16.6 Å². The van der Waals surface area contributed by atoms with Gasteiger partial charge < -0.3 is 5.11 Å². The van der Waals surface area contributed by atoms with E-state index in [1.54, 1.807) is 27.5 Å². The molecule has 2 heterocycles. The molecule has 0 aliphatic carbocycles. The standard InChI is InChI=1S/C10H15NO3S3/c1-8-6-15-3-2-11(8)17(13,14)10-4-9(5-12)7-16-10/h4,7-8,12H,2-3,5-6H2,1H3. The van der Waals surface area contributed by atoms with Gasteiger partial charge in [-0.25, -0.2) is 8.42 Å². The van der Waals surface area contributed by atoms with E-state index in [0.29, 0.717) is 16.3 Å². The predicted octanol–water partition coefficient (Wildman–Crippen LogP) is 1.37. The minimum atomic E-state index is -3.37. The van der Waals surface area contributed by atoms with E-state index in [4.69, 9.17) is 5.11 Å². The van der Waals surface area contributed by atoms with Crippen molar-refractivity contribution in [1.29, 1.82) is 0 Å². The van der Waals surface area contributed by atoms with Crippen molar-refractivity contribution in [3.63, 3.8) is 0 Å². The quantitative estimate of drug-likeness (QED) is 0.914. The van der Waals surface area contributed by atoms with Gasteiger partial charge in [-0.3, -0.25) is 0 Å². The van der Waals surface area contributed by atoms with Crippen LogP contribution in [0.2, 0.25) is 0 Å². The average molecular weight is 293 g/mol. The minimum absolute atomic E-state index is 0.0402. The molecule has 0 bridgehead atoms. The van der Waals surface area contributed by atoms with E-state index >= 15 is 0 Å². The summed E-state index contributed by atoms with van der Waals surface area (Å²) in [7, 11) is -3.37. The van der Waals surface area contributed by atoms with Crippen molar-refractivity contribution < 1.29 is 13.5 Å². The summed E-state index contributed by atoms with van der Waals surface area (Å²) >= 11 is 2.97. The predicted molar refractivity (Wildman–Crippen MR) is 70.9 cm³/mol. The van der Waals surface area contributed by atoms with Crippen LogP contribution < -0.4 is 0 Å². The Morgan fingerprint density at radius 2 is 2.35 bits per heavy atom. The number of aliphatic hydroxyl groups excluding tert-OH is 1. The van der Waals surface area contributed by atoms with Gasteiger partial charge in [-0.15, -0.1) is 11.3 Å².